The maximum absolute atomic E-state index is 12.5. The van der Waals surface area contributed by atoms with Crippen molar-refractivity contribution in [1.29, 1.82) is 0 Å². The Morgan fingerprint density at radius 3 is 2.36 bits per heavy atom. The Labute approximate surface area is 137 Å². The number of nitrogens with zero attached hydrogens (tertiary/aromatic N) is 1. The number of piperidine rings is 1. The van der Waals surface area contributed by atoms with Gasteiger partial charge in [0.15, 0.2) is 9.84 Å². The van der Waals surface area contributed by atoms with Crippen LogP contribution in [0.15, 0.2) is 27.6 Å². The Hall–Kier alpha value is -1.41. The van der Waals surface area contributed by atoms with Gasteiger partial charge in [-0.25, -0.2) is 8.42 Å². The predicted molar refractivity (Wildman–Crippen MR) is 83.5 cm³/mol. The molecule has 8 heteroatoms. The summed E-state index contributed by atoms with van der Waals surface area (Å²) in [5, 5.41) is 8.97. The van der Waals surface area contributed by atoms with Crippen LogP contribution in [-0.4, -0.2) is 49.6 Å². The van der Waals surface area contributed by atoms with Crippen LogP contribution in [0, 0.1) is 5.92 Å². The molecule has 1 aliphatic heterocycles. The van der Waals surface area contributed by atoms with Gasteiger partial charge in [-0.15, -0.1) is 0 Å². The fourth-order valence-corrected chi connectivity index (χ4v) is 3.46. The van der Waals surface area contributed by atoms with E-state index in [9.17, 15) is 18.0 Å². The molecule has 0 bridgehead atoms. The van der Waals surface area contributed by atoms with Gasteiger partial charge in [-0.1, -0.05) is 0 Å². The van der Waals surface area contributed by atoms with E-state index >= 15 is 0 Å². The van der Waals surface area contributed by atoms with E-state index in [1.807, 2.05) is 0 Å². The molecule has 0 saturated carbocycles. The zero-order valence-electron chi connectivity index (χ0n) is 12.0. The normalized spacial score (nSPS) is 16.5. The number of halogens is 1. The van der Waals surface area contributed by atoms with Gasteiger partial charge in [-0.2, -0.15) is 0 Å². The molecule has 1 amide bonds. The lowest BCUT2D eigenvalue weighted by Crippen LogP contribution is -2.40. The molecule has 1 fully saturated rings. The van der Waals surface area contributed by atoms with E-state index in [1.54, 1.807) is 4.90 Å². The van der Waals surface area contributed by atoms with Gasteiger partial charge < -0.3 is 10.0 Å². The first-order valence-electron chi connectivity index (χ1n) is 6.72. The first-order valence-corrected chi connectivity index (χ1v) is 9.40. The lowest BCUT2D eigenvalue weighted by atomic mass is 9.96. The number of hydrogen-bond acceptors (Lipinski definition) is 4. The van der Waals surface area contributed by atoms with Gasteiger partial charge in [0.1, 0.15) is 0 Å². The van der Waals surface area contributed by atoms with E-state index in [1.165, 1.54) is 18.2 Å². The standard InChI is InChI=1S/C14H16BrNO5S/c1-22(20,21)10-2-3-12(15)11(8-10)13(17)16-6-4-9(5-7-16)14(18)19/h2-3,8-9H,4-7H2,1H3,(H,18,19). The van der Waals surface area contributed by atoms with Gasteiger partial charge in [0.05, 0.1) is 16.4 Å². The molecule has 22 heavy (non-hydrogen) atoms. The number of amides is 1. The van der Waals surface area contributed by atoms with Crippen LogP contribution in [-0.2, 0) is 14.6 Å². The van der Waals surface area contributed by atoms with Gasteiger partial charge in [0.25, 0.3) is 5.91 Å². The predicted octanol–water partition coefficient (Wildman–Crippen LogP) is 1.79. The van der Waals surface area contributed by atoms with E-state index in [4.69, 9.17) is 5.11 Å². The number of rotatable bonds is 3. The van der Waals surface area contributed by atoms with Gasteiger partial charge in [0.2, 0.25) is 0 Å². The quantitative estimate of drug-likeness (QED) is 0.850. The van der Waals surface area contributed by atoms with Crippen molar-refractivity contribution in [2.75, 3.05) is 19.3 Å². The summed E-state index contributed by atoms with van der Waals surface area (Å²) in [6.45, 7) is 0.705. The maximum Gasteiger partial charge on any atom is 0.306 e. The maximum atomic E-state index is 12.5. The largest absolute Gasteiger partial charge is 0.481 e. The first kappa shape index (κ1) is 17.0. The van der Waals surface area contributed by atoms with Crippen molar-refractivity contribution in [1.82, 2.24) is 4.90 Å². The lowest BCUT2D eigenvalue weighted by Gasteiger charge is -2.30. The van der Waals surface area contributed by atoms with Crippen LogP contribution >= 0.6 is 15.9 Å². The molecule has 0 atom stereocenters. The summed E-state index contributed by atoms with van der Waals surface area (Å²) in [6, 6.07) is 4.32. The van der Waals surface area contributed by atoms with E-state index < -0.39 is 21.7 Å². The highest BCUT2D eigenvalue weighted by molar-refractivity contribution is 9.10. The van der Waals surface area contributed by atoms with Gasteiger partial charge >= 0.3 is 5.97 Å². The van der Waals surface area contributed by atoms with E-state index in [0.717, 1.165) is 6.26 Å². The van der Waals surface area contributed by atoms with Crippen molar-refractivity contribution in [3.05, 3.63) is 28.2 Å². The van der Waals surface area contributed by atoms with Gasteiger partial charge in [-0.05, 0) is 47.0 Å². The minimum Gasteiger partial charge on any atom is -0.481 e. The molecule has 120 valence electrons. The Bertz CT molecular complexity index is 708. The third-order valence-corrected chi connectivity index (χ3v) is 5.53. The highest BCUT2D eigenvalue weighted by Crippen LogP contribution is 2.25. The van der Waals surface area contributed by atoms with Crippen molar-refractivity contribution < 1.29 is 23.1 Å². The molecule has 1 heterocycles. The zero-order chi connectivity index (χ0) is 16.5. The number of carboxylic acids is 1. The van der Waals surface area contributed by atoms with Crippen molar-refractivity contribution >= 4 is 37.6 Å². The average molecular weight is 390 g/mol. The van der Waals surface area contributed by atoms with Gasteiger partial charge in [-0.3, -0.25) is 9.59 Å². The SMILES string of the molecule is CS(=O)(=O)c1ccc(Br)c(C(=O)N2CCC(C(=O)O)CC2)c1. The minimum atomic E-state index is -3.40. The molecule has 1 aromatic rings. The molecule has 0 radical (unpaired) electrons. The molecule has 0 spiro atoms. The molecule has 1 saturated heterocycles. The van der Waals surface area contributed by atoms with Crippen molar-refractivity contribution in [3.63, 3.8) is 0 Å². The van der Waals surface area contributed by atoms with E-state index in [2.05, 4.69) is 15.9 Å². The highest BCUT2D eigenvalue weighted by atomic mass is 79.9. The van der Waals surface area contributed by atoms with E-state index in [-0.39, 0.29) is 16.4 Å². The Morgan fingerprint density at radius 2 is 1.86 bits per heavy atom. The second-order valence-corrected chi connectivity index (χ2v) is 8.19. The molecular formula is C14H16BrNO5S. The fourth-order valence-electron chi connectivity index (χ4n) is 2.40. The minimum absolute atomic E-state index is 0.0828. The molecular weight excluding hydrogens is 374 g/mol. The van der Waals surface area contributed by atoms with Crippen molar-refractivity contribution in [2.45, 2.75) is 17.7 Å². The zero-order valence-corrected chi connectivity index (χ0v) is 14.4. The number of carbonyl (C=O) groups excluding carboxylic acids is 1. The second-order valence-electron chi connectivity index (χ2n) is 5.32. The molecule has 6 nitrogen and oxygen atoms in total. The number of sulfone groups is 1. The fraction of sp³-hybridized carbons (Fsp3) is 0.429. The molecule has 1 N–H and O–H groups in total. The van der Waals surface area contributed by atoms with Crippen LogP contribution in [0.1, 0.15) is 23.2 Å². The van der Waals surface area contributed by atoms with Crippen LogP contribution in [0.2, 0.25) is 0 Å². The van der Waals surface area contributed by atoms with Crippen LogP contribution < -0.4 is 0 Å². The van der Waals surface area contributed by atoms with Crippen molar-refractivity contribution in [2.24, 2.45) is 5.92 Å². The number of benzene rings is 1. The monoisotopic (exact) mass is 389 g/mol. The number of carboxylic acid groups (broad SMARTS) is 1. The number of carbonyl (C=O) groups is 2. The summed E-state index contributed by atoms with van der Waals surface area (Å²) in [5.41, 5.74) is 0.275. The lowest BCUT2D eigenvalue weighted by molar-refractivity contribution is -0.143. The number of hydrogen-bond donors (Lipinski definition) is 1. The summed E-state index contributed by atoms with van der Waals surface area (Å²) in [6.07, 6.45) is 1.90. The number of likely N-dealkylation sites (tertiary alicyclic amines) is 1. The third-order valence-electron chi connectivity index (χ3n) is 3.73. The number of aliphatic carboxylic acids is 1. The Kier molecular flexibility index (Phi) is 4.91. The van der Waals surface area contributed by atoms with Crippen LogP contribution in [0.3, 0.4) is 0 Å². The summed E-state index contributed by atoms with van der Waals surface area (Å²) < 4.78 is 23.7. The highest BCUT2D eigenvalue weighted by Gasteiger charge is 2.28. The topological polar surface area (TPSA) is 91.8 Å². The molecule has 1 aliphatic rings. The van der Waals surface area contributed by atoms with Crippen LogP contribution in [0.5, 0.6) is 0 Å². The van der Waals surface area contributed by atoms with Crippen molar-refractivity contribution in [3.8, 4) is 0 Å². The Balaban J connectivity index is 2.22. The molecule has 1 aromatic carbocycles. The molecule has 0 aliphatic carbocycles. The van der Waals surface area contributed by atoms with Gasteiger partial charge in [0, 0.05) is 23.8 Å². The summed E-state index contributed by atoms with van der Waals surface area (Å²) in [5.74, 6) is -1.55. The first-order chi connectivity index (χ1) is 10.2. The van der Waals surface area contributed by atoms with Crippen LogP contribution in [0.25, 0.3) is 0 Å². The smallest absolute Gasteiger partial charge is 0.306 e. The average Bonchev–Trinajstić information content (AvgIpc) is 2.46. The van der Waals surface area contributed by atoms with E-state index in [0.29, 0.717) is 30.4 Å². The summed E-state index contributed by atoms with van der Waals surface area (Å²) in [7, 11) is -3.40. The third kappa shape index (κ3) is 3.67. The second kappa shape index (κ2) is 6.37. The Morgan fingerprint density at radius 1 is 1.27 bits per heavy atom. The summed E-state index contributed by atoms with van der Waals surface area (Å²) in [4.78, 5) is 25.1. The summed E-state index contributed by atoms with van der Waals surface area (Å²) >= 11 is 3.26. The molecule has 2 rings (SSSR count). The van der Waals surface area contributed by atoms with Crippen LogP contribution in [0.4, 0.5) is 0 Å². The molecule has 0 unspecified atom stereocenters. The molecule has 0 aromatic heterocycles.